The van der Waals surface area contributed by atoms with Crippen molar-refractivity contribution in [3.63, 3.8) is 0 Å². The number of amides is 1. The number of para-hydroxylation sites is 1. The Labute approximate surface area is 227 Å². The van der Waals surface area contributed by atoms with E-state index in [2.05, 4.69) is 27.2 Å². The third-order valence-corrected chi connectivity index (χ3v) is 8.01. The maximum atomic E-state index is 12.6. The van der Waals surface area contributed by atoms with Gasteiger partial charge in [0.15, 0.2) is 0 Å². The van der Waals surface area contributed by atoms with Gasteiger partial charge < -0.3 is 15.2 Å². The van der Waals surface area contributed by atoms with E-state index in [9.17, 15) is 9.90 Å². The molecule has 7 nitrogen and oxygen atoms in total. The van der Waals surface area contributed by atoms with Gasteiger partial charge in [0.1, 0.15) is 23.5 Å². The van der Waals surface area contributed by atoms with E-state index >= 15 is 0 Å². The van der Waals surface area contributed by atoms with Gasteiger partial charge in [0.2, 0.25) is 5.91 Å². The van der Waals surface area contributed by atoms with Crippen molar-refractivity contribution in [1.29, 1.82) is 0 Å². The van der Waals surface area contributed by atoms with Crippen LogP contribution in [0.15, 0.2) is 66.7 Å². The number of thiazole rings is 1. The molecule has 198 valence electrons. The van der Waals surface area contributed by atoms with Gasteiger partial charge in [-0.1, -0.05) is 54.6 Å². The van der Waals surface area contributed by atoms with Crippen LogP contribution in [-0.4, -0.2) is 77.8 Å². The second-order valence-electron chi connectivity index (χ2n) is 9.85. The van der Waals surface area contributed by atoms with Crippen LogP contribution in [0.3, 0.4) is 0 Å². The fraction of sp³-hybridized carbons (Fsp3) is 0.333. The minimum absolute atomic E-state index is 0.0111. The number of nitrogens with zero attached hydrogens (tertiary/aromatic N) is 3. The van der Waals surface area contributed by atoms with E-state index in [0.29, 0.717) is 13.1 Å². The SMILES string of the molecule is Cc1cccc(C)c1NC(=O)CN1CCN(CC(O)COc2cccc3nc(-c4ccccc4)sc23)CC1. The van der Waals surface area contributed by atoms with Crippen LogP contribution in [0.5, 0.6) is 5.75 Å². The van der Waals surface area contributed by atoms with Gasteiger partial charge in [-0.3, -0.25) is 14.6 Å². The molecule has 1 aliphatic heterocycles. The molecule has 0 saturated carbocycles. The number of ether oxygens (including phenoxy) is 1. The molecule has 5 rings (SSSR count). The molecule has 0 radical (unpaired) electrons. The number of anilines is 1. The smallest absolute Gasteiger partial charge is 0.238 e. The molecule has 3 aromatic carbocycles. The van der Waals surface area contributed by atoms with Gasteiger partial charge in [0.25, 0.3) is 0 Å². The Kier molecular flexibility index (Phi) is 8.34. The number of β-amino-alcohol motifs (C(OH)–C–C–N with tert-alkyl or cyclic N) is 1. The number of carbonyl (C=O) groups is 1. The van der Waals surface area contributed by atoms with Gasteiger partial charge in [0.05, 0.1) is 16.8 Å². The van der Waals surface area contributed by atoms with Crippen molar-refractivity contribution in [2.75, 3.05) is 51.2 Å². The van der Waals surface area contributed by atoms with E-state index in [-0.39, 0.29) is 12.5 Å². The molecule has 1 unspecified atom stereocenters. The third-order valence-electron chi connectivity index (χ3n) is 6.88. The summed E-state index contributed by atoms with van der Waals surface area (Å²) in [6, 6.07) is 22.0. The normalized spacial score (nSPS) is 15.4. The lowest BCUT2D eigenvalue weighted by Gasteiger charge is -2.35. The van der Waals surface area contributed by atoms with Gasteiger partial charge in [-0.05, 0) is 37.1 Å². The number of fused-ring (bicyclic) bond motifs is 1. The molecular formula is C30H34N4O3S. The molecule has 0 aliphatic carbocycles. The second kappa shape index (κ2) is 12.0. The first-order valence-electron chi connectivity index (χ1n) is 13.0. The lowest BCUT2D eigenvalue weighted by Crippen LogP contribution is -2.50. The van der Waals surface area contributed by atoms with Crippen LogP contribution in [0.4, 0.5) is 5.69 Å². The zero-order valence-corrected chi connectivity index (χ0v) is 22.7. The Morgan fingerprint density at radius 3 is 2.39 bits per heavy atom. The number of aromatic nitrogens is 1. The first-order chi connectivity index (χ1) is 18.5. The van der Waals surface area contributed by atoms with Crippen molar-refractivity contribution in [2.45, 2.75) is 20.0 Å². The zero-order chi connectivity index (χ0) is 26.5. The van der Waals surface area contributed by atoms with Gasteiger partial charge in [-0.25, -0.2) is 4.98 Å². The number of piperazine rings is 1. The van der Waals surface area contributed by atoms with Crippen LogP contribution in [0.1, 0.15) is 11.1 Å². The first-order valence-corrected chi connectivity index (χ1v) is 13.8. The largest absolute Gasteiger partial charge is 0.489 e. The highest BCUT2D eigenvalue weighted by atomic mass is 32.1. The van der Waals surface area contributed by atoms with Crippen molar-refractivity contribution in [3.8, 4) is 16.3 Å². The summed E-state index contributed by atoms with van der Waals surface area (Å²) in [5.74, 6) is 0.762. The fourth-order valence-electron chi connectivity index (χ4n) is 4.80. The molecule has 1 fully saturated rings. The second-order valence-corrected chi connectivity index (χ2v) is 10.8. The summed E-state index contributed by atoms with van der Waals surface area (Å²) < 4.78 is 7.04. The molecule has 0 spiro atoms. The van der Waals surface area contributed by atoms with E-state index in [0.717, 1.165) is 69.5 Å². The van der Waals surface area contributed by atoms with Crippen molar-refractivity contribution < 1.29 is 14.6 Å². The third kappa shape index (κ3) is 6.39. The van der Waals surface area contributed by atoms with Gasteiger partial charge in [-0.15, -0.1) is 11.3 Å². The number of aliphatic hydroxyl groups excluding tert-OH is 1. The first kappa shape index (κ1) is 26.3. The van der Waals surface area contributed by atoms with Crippen molar-refractivity contribution >= 4 is 33.1 Å². The number of nitrogens with one attached hydrogen (secondary N) is 1. The number of aliphatic hydroxyl groups is 1. The number of hydrogen-bond acceptors (Lipinski definition) is 7. The lowest BCUT2D eigenvalue weighted by atomic mass is 10.1. The van der Waals surface area contributed by atoms with Crippen LogP contribution < -0.4 is 10.1 Å². The topological polar surface area (TPSA) is 77.9 Å². The van der Waals surface area contributed by atoms with Crippen LogP contribution >= 0.6 is 11.3 Å². The van der Waals surface area contributed by atoms with Gasteiger partial charge >= 0.3 is 0 Å². The summed E-state index contributed by atoms with van der Waals surface area (Å²) >= 11 is 1.60. The zero-order valence-electron chi connectivity index (χ0n) is 21.9. The van der Waals surface area contributed by atoms with Crippen molar-refractivity contribution in [1.82, 2.24) is 14.8 Å². The van der Waals surface area contributed by atoms with Crippen LogP contribution in [0.25, 0.3) is 20.8 Å². The summed E-state index contributed by atoms with van der Waals surface area (Å²) in [5.41, 5.74) is 5.04. The monoisotopic (exact) mass is 530 g/mol. The standard InChI is InChI=1S/C30H34N4O3S/c1-21-8-6-9-22(2)28(21)32-27(36)19-34-16-14-33(15-17-34)18-24(35)20-37-26-13-7-12-25-29(26)38-30(31-25)23-10-4-3-5-11-23/h3-13,24,35H,14-20H2,1-2H3,(H,32,36). The summed E-state index contributed by atoms with van der Waals surface area (Å²) in [6.45, 7) is 8.33. The predicted octanol–water partition coefficient (Wildman–Crippen LogP) is 4.58. The maximum absolute atomic E-state index is 12.6. The highest BCUT2D eigenvalue weighted by Crippen LogP contribution is 2.35. The molecular weight excluding hydrogens is 496 g/mol. The molecule has 4 aromatic rings. The number of benzene rings is 3. The minimum atomic E-state index is -0.606. The minimum Gasteiger partial charge on any atom is -0.489 e. The number of aryl methyl sites for hydroxylation is 2. The fourth-order valence-corrected chi connectivity index (χ4v) is 5.84. The van der Waals surface area contributed by atoms with E-state index in [1.807, 2.05) is 68.4 Å². The molecule has 1 amide bonds. The average molecular weight is 531 g/mol. The van der Waals surface area contributed by atoms with Crippen LogP contribution in [0, 0.1) is 13.8 Å². The Bertz CT molecular complexity index is 1360. The summed E-state index contributed by atoms with van der Waals surface area (Å²) in [5, 5.41) is 14.7. The van der Waals surface area contributed by atoms with Gasteiger partial charge in [-0.2, -0.15) is 0 Å². The summed E-state index contributed by atoms with van der Waals surface area (Å²) in [7, 11) is 0. The Morgan fingerprint density at radius 2 is 1.66 bits per heavy atom. The molecule has 38 heavy (non-hydrogen) atoms. The summed E-state index contributed by atoms with van der Waals surface area (Å²) in [6.07, 6.45) is -0.606. The maximum Gasteiger partial charge on any atom is 0.238 e. The highest BCUT2D eigenvalue weighted by Gasteiger charge is 2.22. The number of hydrogen-bond donors (Lipinski definition) is 2. The molecule has 1 aliphatic rings. The number of rotatable bonds is 9. The Balaban J connectivity index is 1.08. The average Bonchev–Trinajstić information content (AvgIpc) is 3.36. The molecule has 1 atom stereocenters. The number of carbonyl (C=O) groups excluding carboxylic acids is 1. The van der Waals surface area contributed by atoms with Gasteiger partial charge in [0, 0.05) is 44.0 Å². The lowest BCUT2D eigenvalue weighted by molar-refractivity contribution is -0.117. The molecule has 1 saturated heterocycles. The van der Waals surface area contributed by atoms with E-state index in [1.54, 1.807) is 11.3 Å². The molecule has 2 N–H and O–H groups in total. The van der Waals surface area contributed by atoms with E-state index < -0.39 is 6.10 Å². The quantitative estimate of drug-likeness (QED) is 0.330. The molecule has 8 heteroatoms. The summed E-state index contributed by atoms with van der Waals surface area (Å²) in [4.78, 5) is 21.8. The molecule has 0 bridgehead atoms. The van der Waals surface area contributed by atoms with Crippen LogP contribution in [0.2, 0.25) is 0 Å². The van der Waals surface area contributed by atoms with E-state index in [1.165, 1.54) is 0 Å². The van der Waals surface area contributed by atoms with Crippen molar-refractivity contribution in [2.24, 2.45) is 0 Å². The Morgan fingerprint density at radius 1 is 0.974 bits per heavy atom. The van der Waals surface area contributed by atoms with Crippen molar-refractivity contribution in [3.05, 3.63) is 77.9 Å². The highest BCUT2D eigenvalue weighted by molar-refractivity contribution is 7.22. The van der Waals surface area contributed by atoms with Crippen LogP contribution in [-0.2, 0) is 4.79 Å². The predicted molar refractivity (Wildman–Crippen MR) is 154 cm³/mol. The molecule has 1 aromatic heterocycles. The van der Waals surface area contributed by atoms with E-state index in [4.69, 9.17) is 9.72 Å². The Hall–Kier alpha value is -3.30. The molecule has 2 heterocycles.